The second-order valence-electron chi connectivity index (χ2n) is 6.35. The molecule has 0 fully saturated rings. The molecule has 3 aromatic rings. The van der Waals surface area contributed by atoms with Crippen LogP contribution in [0.1, 0.15) is 18.5 Å². The minimum Gasteiger partial charge on any atom is -0.489 e. The highest BCUT2D eigenvalue weighted by Crippen LogP contribution is 2.19. The van der Waals surface area contributed by atoms with Gasteiger partial charge in [-0.25, -0.2) is 0 Å². The number of rotatable bonds is 7. The Kier molecular flexibility index (Phi) is 6.03. The van der Waals surface area contributed by atoms with E-state index in [0.29, 0.717) is 18.0 Å². The molecule has 3 rings (SSSR count). The second kappa shape index (κ2) is 8.83. The van der Waals surface area contributed by atoms with E-state index >= 15 is 0 Å². The number of anilines is 1. The summed E-state index contributed by atoms with van der Waals surface area (Å²) in [5.41, 5.74) is 0.806. The quantitative estimate of drug-likeness (QED) is 0.488. The molecule has 1 aromatic heterocycles. The number of nitrogens with zero attached hydrogens (tertiary/aromatic N) is 2. The van der Waals surface area contributed by atoms with Crippen molar-refractivity contribution < 1.29 is 14.5 Å². The maximum absolute atomic E-state index is 12.5. The van der Waals surface area contributed by atoms with Gasteiger partial charge in [-0.2, -0.15) is 0 Å². The fourth-order valence-corrected chi connectivity index (χ4v) is 2.65. The molecule has 0 bridgehead atoms. The highest BCUT2D eigenvalue weighted by atomic mass is 16.6. The summed E-state index contributed by atoms with van der Waals surface area (Å²) in [6, 6.07) is 17.8. The lowest BCUT2D eigenvalue weighted by Gasteiger charge is -2.15. The number of carbonyl (C=O) groups excluding carboxylic acids is 1. The smallest absolute Gasteiger partial charge is 0.285 e. The molecule has 0 spiro atoms. The topological polar surface area (TPSA) is 103 Å². The van der Waals surface area contributed by atoms with Crippen LogP contribution in [0.5, 0.6) is 5.75 Å². The summed E-state index contributed by atoms with van der Waals surface area (Å²) in [7, 11) is 0. The highest BCUT2D eigenvalue weighted by Gasteiger charge is 2.19. The van der Waals surface area contributed by atoms with Crippen LogP contribution in [0.2, 0.25) is 0 Å². The van der Waals surface area contributed by atoms with Crippen LogP contribution in [0.4, 0.5) is 11.4 Å². The predicted molar refractivity (Wildman–Crippen MR) is 108 cm³/mol. The molecule has 0 aliphatic rings. The number of aromatic nitrogens is 1. The van der Waals surface area contributed by atoms with Crippen molar-refractivity contribution in [3.05, 3.63) is 99.0 Å². The molecule has 2 aromatic carbocycles. The van der Waals surface area contributed by atoms with Gasteiger partial charge in [0.05, 0.1) is 11.1 Å². The molecular formula is C21H19N3O5. The summed E-state index contributed by atoms with van der Waals surface area (Å²) in [6.45, 7) is 1.93. The van der Waals surface area contributed by atoms with Crippen molar-refractivity contribution in [3.63, 3.8) is 0 Å². The van der Waals surface area contributed by atoms with Gasteiger partial charge in [0.2, 0.25) is 5.91 Å². The third kappa shape index (κ3) is 5.07. The lowest BCUT2D eigenvalue weighted by molar-refractivity contribution is -0.385. The van der Waals surface area contributed by atoms with Crippen molar-refractivity contribution >= 4 is 17.3 Å². The summed E-state index contributed by atoms with van der Waals surface area (Å²) in [4.78, 5) is 34.7. The Morgan fingerprint density at radius 2 is 1.79 bits per heavy atom. The number of amides is 1. The minimum absolute atomic E-state index is 0.260. The van der Waals surface area contributed by atoms with Gasteiger partial charge in [0, 0.05) is 17.8 Å². The van der Waals surface area contributed by atoms with Crippen LogP contribution in [-0.2, 0) is 11.4 Å². The molecule has 0 aliphatic heterocycles. The molecule has 29 heavy (non-hydrogen) atoms. The maximum Gasteiger partial charge on any atom is 0.285 e. The lowest BCUT2D eigenvalue weighted by Crippen LogP contribution is -2.31. The van der Waals surface area contributed by atoms with Gasteiger partial charge in [-0.3, -0.25) is 24.3 Å². The summed E-state index contributed by atoms with van der Waals surface area (Å²) >= 11 is 0. The van der Waals surface area contributed by atoms with E-state index < -0.39 is 22.4 Å². The molecule has 0 aliphatic carbocycles. The molecule has 0 unspecified atom stereocenters. The molecule has 8 nitrogen and oxygen atoms in total. The van der Waals surface area contributed by atoms with Gasteiger partial charge in [-0.05, 0) is 36.8 Å². The predicted octanol–water partition coefficient (Wildman–Crippen LogP) is 3.54. The molecule has 1 amide bonds. The lowest BCUT2D eigenvalue weighted by atomic mass is 10.2. The van der Waals surface area contributed by atoms with Gasteiger partial charge in [-0.15, -0.1) is 0 Å². The van der Waals surface area contributed by atoms with E-state index in [4.69, 9.17) is 4.74 Å². The first-order valence-electron chi connectivity index (χ1n) is 8.88. The van der Waals surface area contributed by atoms with E-state index in [1.54, 1.807) is 24.3 Å². The van der Waals surface area contributed by atoms with Crippen LogP contribution in [0, 0.1) is 10.1 Å². The summed E-state index contributed by atoms with van der Waals surface area (Å²) in [5, 5.41) is 13.6. The normalized spacial score (nSPS) is 11.5. The zero-order valence-corrected chi connectivity index (χ0v) is 15.6. The van der Waals surface area contributed by atoms with Gasteiger partial charge < -0.3 is 10.1 Å². The molecule has 1 heterocycles. The Morgan fingerprint density at radius 3 is 2.45 bits per heavy atom. The average molecular weight is 393 g/mol. The zero-order valence-electron chi connectivity index (χ0n) is 15.6. The largest absolute Gasteiger partial charge is 0.489 e. The van der Waals surface area contributed by atoms with Gasteiger partial charge in [0.15, 0.2) is 0 Å². The molecule has 148 valence electrons. The molecular weight excluding hydrogens is 374 g/mol. The van der Waals surface area contributed by atoms with Crippen molar-refractivity contribution in [1.82, 2.24) is 4.57 Å². The third-order valence-corrected chi connectivity index (χ3v) is 4.30. The molecule has 0 radical (unpaired) electrons. The standard InChI is InChI=1S/C21H19N3O5/c1-15(23-13-18(24(27)28)9-12-20(23)25)21(26)22-17-7-10-19(11-8-17)29-14-16-5-3-2-4-6-16/h2-13,15H,14H2,1H3,(H,22,26)/t15-/m0/s1. The molecule has 1 N–H and O–H groups in total. The number of hydrogen-bond acceptors (Lipinski definition) is 5. The van der Waals surface area contributed by atoms with E-state index in [2.05, 4.69) is 5.32 Å². The average Bonchev–Trinajstić information content (AvgIpc) is 2.73. The molecule has 0 saturated heterocycles. The SMILES string of the molecule is C[C@@H](C(=O)Nc1ccc(OCc2ccccc2)cc1)n1cc([N+](=O)[O-])ccc1=O. The first-order valence-corrected chi connectivity index (χ1v) is 8.88. The van der Waals surface area contributed by atoms with Crippen molar-refractivity contribution in [2.45, 2.75) is 19.6 Å². The molecule has 1 atom stereocenters. The first-order chi connectivity index (χ1) is 13.9. The van der Waals surface area contributed by atoms with Crippen molar-refractivity contribution in [2.75, 3.05) is 5.32 Å². The number of benzene rings is 2. The second-order valence-corrected chi connectivity index (χ2v) is 6.35. The summed E-state index contributed by atoms with van der Waals surface area (Å²) < 4.78 is 6.73. The van der Waals surface area contributed by atoms with Gasteiger partial charge in [-0.1, -0.05) is 30.3 Å². The summed E-state index contributed by atoms with van der Waals surface area (Å²) in [6.07, 6.45) is 1.06. The number of hydrogen-bond donors (Lipinski definition) is 1. The monoisotopic (exact) mass is 393 g/mol. The summed E-state index contributed by atoms with van der Waals surface area (Å²) in [5.74, 6) is 0.181. The number of carbonyl (C=O) groups is 1. The highest BCUT2D eigenvalue weighted by molar-refractivity contribution is 5.93. The van der Waals surface area contributed by atoms with Crippen LogP contribution < -0.4 is 15.6 Å². The fourth-order valence-electron chi connectivity index (χ4n) is 2.65. The van der Waals surface area contributed by atoms with Crippen molar-refractivity contribution in [1.29, 1.82) is 0 Å². The van der Waals surface area contributed by atoms with Crippen LogP contribution in [-0.4, -0.2) is 15.4 Å². The Hall–Kier alpha value is -3.94. The minimum atomic E-state index is -0.920. The van der Waals surface area contributed by atoms with Crippen LogP contribution in [0.3, 0.4) is 0 Å². The zero-order chi connectivity index (χ0) is 20.8. The molecule has 8 heteroatoms. The van der Waals surface area contributed by atoms with Crippen molar-refractivity contribution in [3.8, 4) is 5.75 Å². The number of nitrogens with one attached hydrogen (secondary N) is 1. The van der Waals surface area contributed by atoms with E-state index in [0.717, 1.165) is 28.5 Å². The van der Waals surface area contributed by atoms with E-state index in [-0.39, 0.29) is 5.69 Å². The number of pyridine rings is 1. The number of nitro groups is 1. The van der Waals surface area contributed by atoms with Crippen LogP contribution >= 0.6 is 0 Å². The van der Waals surface area contributed by atoms with E-state index in [1.165, 1.54) is 6.92 Å². The third-order valence-electron chi connectivity index (χ3n) is 4.30. The van der Waals surface area contributed by atoms with Crippen molar-refractivity contribution in [2.24, 2.45) is 0 Å². The fraction of sp³-hybridized carbons (Fsp3) is 0.143. The van der Waals surface area contributed by atoms with Crippen LogP contribution in [0.25, 0.3) is 0 Å². The first kappa shape index (κ1) is 19.8. The van der Waals surface area contributed by atoms with E-state index in [9.17, 15) is 19.7 Å². The number of ether oxygens (including phenoxy) is 1. The van der Waals surface area contributed by atoms with Crippen LogP contribution in [0.15, 0.2) is 77.7 Å². The van der Waals surface area contributed by atoms with Gasteiger partial charge >= 0.3 is 0 Å². The van der Waals surface area contributed by atoms with E-state index in [1.807, 2.05) is 30.3 Å². The van der Waals surface area contributed by atoms with Gasteiger partial charge in [0.1, 0.15) is 18.4 Å². The van der Waals surface area contributed by atoms with Gasteiger partial charge in [0.25, 0.3) is 11.2 Å². The Balaban J connectivity index is 1.64. The maximum atomic E-state index is 12.5. The Morgan fingerprint density at radius 1 is 1.10 bits per heavy atom. The molecule has 0 saturated carbocycles. The Bertz CT molecular complexity index is 1060. The Labute approximate surface area is 166 Å².